The molecule has 9 aromatic heterocycles. The standard InChI is InChI=1S/C31H22F2N6O4.C30H22F2N6O4.C29H20F2N6O4/c1-42-27-9-7-23(31(41)39(27)21-5-2-19(32)3-6-21)30(40)37-20-4-8-25(24(33)13-20)43-26-12-17-16-36-38-11-10-22(29(17)38)28(26)18-14-34-35-15-18;1-2-37-25-13-23(18-14-33-34-15-18)27(11-17(25)16-35-37)42-26-9-5-20(12-24(26)32)36-29(40)22-8-10-28(39)38(30(22)41)21-6-3-19(31)4-7-21;1-36-24-12-22(17-13-32-33-14-17)26(10-16(24)15-34-36)41-25-8-4-19(11-23(25)31)35-28(39)21-7-9-27(38)37(29(21)40)20-5-2-18(30)3-6-20/h2-9,12-16H,10-11H2,1H3,(H,34,35)(H,37,40);3-16,39H,2H2,1H3,(H,33,34)(H,36,40);2-15,38H,1H3,(H,32,33)(H,35,39). The highest BCUT2D eigenvalue weighted by Gasteiger charge is 2.28. The second-order valence-corrected chi connectivity index (χ2v) is 28.2. The molecule has 19 rings (SSSR count). The van der Waals surface area contributed by atoms with Gasteiger partial charge in [0.25, 0.3) is 34.4 Å². The summed E-state index contributed by atoms with van der Waals surface area (Å²) in [6, 6.07) is 43.0. The second kappa shape index (κ2) is 34.0. The zero-order valence-corrected chi connectivity index (χ0v) is 65.9. The van der Waals surface area contributed by atoms with Gasteiger partial charge < -0.3 is 45.1 Å². The van der Waals surface area contributed by atoms with Crippen LogP contribution >= 0.6 is 0 Å². The topological polar surface area (TPSA) is 370 Å². The fourth-order valence-electron chi connectivity index (χ4n) is 14.4. The molecule has 0 atom stereocenters. The first-order valence-electron chi connectivity index (χ1n) is 38.3. The predicted molar refractivity (Wildman–Crippen MR) is 451 cm³/mol. The lowest BCUT2D eigenvalue weighted by atomic mass is 9.98. The van der Waals surface area contributed by atoms with Crippen LogP contribution in [0.4, 0.5) is 43.4 Å². The van der Waals surface area contributed by atoms with Crippen LogP contribution in [0.1, 0.15) is 43.6 Å². The Labute approximate surface area is 705 Å². The number of aromatic amines is 3. The van der Waals surface area contributed by atoms with E-state index in [-0.39, 0.29) is 68.3 Å². The molecule has 0 unspecified atom stereocenters. The van der Waals surface area contributed by atoms with Gasteiger partial charge in [0.15, 0.2) is 46.5 Å². The Morgan fingerprint density at radius 1 is 0.437 bits per heavy atom. The fourth-order valence-corrected chi connectivity index (χ4v) is 14.4. The summed E-state index contributed by atoms with van der Waals surface area (Å²) in [6.07, 6.45) is 15.9. The molecule has 0 fully saturated rings. The Morgan fingerprint density at radius 3 is 1.29 bits per heavy atom. The Bertz CT molecular complexity index is 7460. The number of fused-ring (bicyclic) bond motifs is 2. The fraction of sp³-hybridized carbons (Fsp3) is 0.0667. The van der Waals surface area contributed by atoms with Crippen LogP contribution in [0.15, 0.2) is 264 Å². The van der Waals surface area contributed by atoms with Crippen molar-refractivity contribution in [3.63, 3.8) is 0 Å². The van der Waals surface area contributed by atoms with Gasteiger partial charge in [-0.15, -0.1) is 0 Å². The zero-order chi connectivity index (χ0) is 87.7. The van der Waals surface area contributed by atoms with E-state index < -0.39 is 81.1 Å². The molecule has 18 aromatic rings. The number of nitrogens with zero attached hydrogens (tertiary/aromatic N) is 12. The van der Waals surface area contributed by atoms with E-state index >= 15 is 13.2 Å². The number of amides is 3. The van der Waals surface area contributed by atoms with E-state index in [0.717, 1.165) is 154 Å². The number of nitrogens with one attached hydrogen (secondary N) is 6. The second-order valence-electron chi connectivity index (χ2n) is 28.2. The molecule has 0 saturated carbocycles. The van der Waals surface area contributed by atoms with Crippen LogP contribution < -0.4 is 51.6 Å². The normalized spacial score (nSPS) is 11.4. The van der Waals surface area contributed by atoms with Crippen LogP contribution in [-0.2, 0) is 26.6 Å². The first-order chi connectivity index (χ1) is 61.0. The highest BCUT2D eigenvalue weighted by molar-refractivity contribution is 6.06. The van der Waals surface area contributed by atoms with Crippen molar-refractivity contribution in [2.45, 2.75) is 26.4 Å². The van der Waals surface area contributed by atoms with Crippen molar-refractivity contribution in [3.8, 4) is 103 Å². The Morgan fingerprint density at radius 2 is 0.841 bits per heavy atom. The molecule has 126 heavy (non-hydrogen) atoms. The highest BCUT2D eigenvalue weighted by Crippen LogP contribution is 2.45. The molecular formula is C90H64F6N18O12. The summed E-state index contributed by atoms with van der Waals surface area (Å²) >= 11 is 0. The average Bonchev–Trinajstić information content (AvgIpc) is 1.56. The molecular weight excluding hydrogens is 1640 g/mol. The third kappa shape index (κ3) is 16.1. The van der Waals surface area contributed by atoms with Crippen LogP contribution in [0.5, 0.6) is 52.1 Å². The van der Waals surface area contributed by atoms with Crippen molar-refractivity contribution in [1.82, 2.24) is 73.6 Å². The minimum absolute atomic E-state index is 0.0530. The number of pyridine rings is 3. The van der Waals surface area contributed by atoms with Gasteiger partial charge in [-0.3, -0.25) is 58.1 Å². The molecule has 0 spiro atoms. The molecule has 10 heterocycles. The van der Waals surface area contributed by atoms with E-state index in [1.165, 1.54) is 104 Å². The molecule has 0 saturated heterocycles. The largest absolute Gasteiger partial charge is 0.494 e. The predicted octanol–water partition coefficient (Wildman–Crippen LogP) is 16.2. The van der Waals surface area contributed by atoms with Crippen molar-refractivity contribution < 1.29 is 69.9 Å². The quantitative estimate of drug-likeness (QED) is 0.0329. The SMILES string of the molecule is CCn1ncc2cc(Oc3ccc(NC(=O)c4ccc(O)n(-c5ccc(F)cc5)c4=O)cc3F)c(-c3cn[nH]c3)cc21.COc1ccc(C(=O)Nc2ccc(Oc3cc4cnn5c4c(c3-c3cn[nH]c3)CC5)c(F)c2)c(=O)n1-c1ccc(F)cc1.Cn1ncc2cc(Oc3ccc(NC(=O)c4ccc(O)n(-c5ccc(F)cc5)c4=O)cc3F)c(-c3cn[nH]c3)cc21. The Hall–Kier alpha value is -17.3. The number of carbonyl (C=O) groups excluding carboxylic acids is 3. The summed E-state index contributed by atoms with van der Waals surface area (Å²) < 4.78 is 118. The molecule has 3 amide bonds. The number of benzene rings is 9. The number of ether oxygens (including phenoxy) is 4. The van der Waals surface area contributed by atoms with Gasteiger partial charge in [0.2, 0.25) is 5.88 Å². The summed E-state index contributed by atoms with van der Waals surface area (Å²) in [5.41, 5.74) is 5.85. The zero-order valence-electron chi connectivity index (χ0n) is 65.9. The van der Waals surface area contributed by atoms with Crippen molar-refractivity contribution >= 4 is 67.5 Å². The van der Waals surface area contributed by atoms with Gasteiger partial charge in [-0.05, 0) is 195 Å². The highest BCUT2D eigenvalue weighted by atomic mass is 19.1. The summed E-state index contributed by atoms with van der Waals surface area (Å²) in [5.74, 6) is -5.98. The molecule has 36 heteroatoms. The lowest BCUT2D eigenvalue weighted by Gasteiger charge is -2.15. The van der Waals surface area contributed by atoms with Gasteiger partial charge in [-0.1, -0.05) is 0 Å². The lowest BCUT2D eigenvalue weighted by molar-refractivity contribution is 0.101. The maximum atomic E-state index is 15.4. The number of H-pyrrole nitrogens is 3. The summed E-state index contributed by atoms with van der Waals surface area (Å²) in [4.78, 5) is 78.3. The van der Waals surface area contributed by atoms with Gasteiger partial charge in [0.1, 0.15) is 51.4 Å². The minimum atomic E-state index is -0.841. The van der Waals surface area contributed by atoms with Gasteiger partial charge >= 0.3 is 0 Å². The van der Waals surface area contributed by atoms with E-state index in [2.05, 4.69) is 61.8 Å². The van der Waals surface area contributed by atoms with E-state index in [9.17, 15) is 52.2 Å². The molecule has 0 aliphatic carbocycles. The van der Waals surface area contributed by atoms with Gasteiger partial charge in [0, 0.05) is 124 Å². The van der Waals surface area contributed by atoms with E-state index in [1.807, 2.05) is 41.5 Å². The summed E-state index contributed by atoms with van der Waals surface area (Å²) in [5, 5.41) is 63.9. The third-order valence-electron chi connectivity index (χ3n) is 20.5. The summed E-state index contributed by atoms with van der Waals surface area (Å²) in [7, 11) is 3.18. The van der Waals surface area contributed by atoms with Crippen LogP contribution in [0.3, 0.4) is 0 Å². The molecule has 9 aromatic carbocycles. The van der Waals surface area contributed by atoms with Crippen molar-refractivity contribution in [1.29, 1.82) is 0 Å². The van der Waals surface area contributed by atoms with Crippen LogP contribution in [0.25, 0.3) is 83.2 Å². The molecule has 0 radical (unpaired) electrons. The number of hydrogen-bond acceptors (Lipinski definition) is 18. The van der Waals surface area contributed by atoms with E-state index in [4.69, 9.17) is 18.9 Å². The van der Waals surface area contributed by atoms with Crippen molar-refractivity contribution in [2.24, 2.45) is 7.05 Å². The van der Waals surface area contributed by atoms with E-state index in [1.54, 1.807) is 72.6 Å². The number of halogens is 6. The minimum Gasteiger partial charge on any atom is -0.494 e. The summed E-state index contributed by atoms with van der Waals surface area (Å²) in [6.45, 7) is 3.38. The number of rotatable bonds is 20. The first-order valence-corrected chi connectivity index (χ1v) is 38.3. The number of aryl methyl sites for hydroxylation is 4. The number of methoxy groups -OCH3 is 1. The average molecular weight is 1700 g/mol. The van der Waals surface area contributed by atoms with Crippen molar-refractivity contribution in [2.75, 3.05) is 23.1 Å². The number of hydrogen-bond donors (Lipinski definition) is 8. The number of aromatic hydroxyl groups is 2. The van der Waals surface area contributed by atoms with Gasteiger partial charge in [0.05, 0.1) is 77.9 Å². The van der Waals surface area contributed by atoms with Crippen molar-refractivity contribution in [3.05, 3.63) is 338 Å². The molecule has 8 N–H and O–H groups in total. The third-order valence-corrected chi connectivity index (χ3v) is 20.5. The molecule has 30 nitrogen and oxygen atoms in total. The van der Waals surface area contributed by atoms with E-state index in [0.29, 0.717) is 40.6 Å². The molecule has 1 aliphatic heterocycles. The van der Waals surface area contributed by atoms with Crippen LogP contribution in [0.2, 0.25) is 0 Å². The van der Waals surface area contributed by atoms with Gasteiger partial charge in [-0.25, -0.2) is 40.0 Å². The van der Waals surface area contributed by atoms with Gasteiger partial charge in [-0.2, -0.15) is 30.6 Å². The van der Waals surface area contributed by atoms with Crippen LogP contribution in [-0.4, -0.2) is 109 Å². The Balaban J connectivity index is 0.000000133. The molecule has 628 valence electrons. The Kier molecular flexibility index (Phi) is 21.9. The lowest BCUT2D eigenvalue weighted by Crippen LogP contribution is -2.29. The first kappa shape index (κ1) is 81.0. The monoisotopic (exact) mass is 1700 g/mol. The number of anilines is 3. The smallest absolute Gasteiger partial charge is 0.270 e. The number of aromatic nitrogens is 15. The molecule has 0 bridgehead atoms. The maximum absolute atomic E-state index is 15.4. The number of carbonyl (C=O) groups is 3. The molecule has 1 aliphatic rings. The van der Waals surface area contributed by atoms with Crippen LogP contribution in [0, 0.1) is 34.9 Å². The maximum Gasteiger partial charge on any atom is 0.270 e.